The van der Waals surface area contributed by atoms with E-state index in [0.717, 1.165) is 10.8 Å². The number of carbonyl (C=O) groups excluding carboxylic acids is 1. The number of ether oxygens (including phenoxy) is 1. The summed E-state index contributed by atoms with van der Waals surface area (Å²) in [5.41, 5.74) is 5.57. The lowest BCUT2D eigenvalue weighted by Crippen LogP contribution is -2.31. The lowest BCUT2D eigenvalue weighted by molar-refractivity contribution is -0.142. The molecule has 1 rings (SSSR count). The van der Waals surface area contributed by atoms with E-state index in [2.05, 4.69) is 14.7 Å². The molecule has 1 aromatic heterocycles. The summed E-state index contributed by atoms with van der Waals surface area (Å²) in [6.45, 7) is 0. The number of hydrogen-bond donors (Lipinski definition) is 1. The molecular formula is C9H13N3O2S. The summed E-state index contributed by atoms with van der Waals surface area (Å²) in [4.78, 5) is 19.0. The third kappa shape index (κ3) is 4.26. The molecule has 0 spiro atoms. The van der Waals surface area contributed by atoms with E-state index in [4.69, 9.17) is 5.73 Å². The van der Waals surface area contributed by atoms with Gasteiger partial charge in [-0.25, -0.2) is 4.98 Å². The normalized spacial score (nSPS) is 12.1. The van der Waals surface area contributed by atoms with E-state index in [-0.39, 0.29) is 5.97 Å². The van der Waals surface area contributed by atoms with Gasteiger partial charge in [0.1, 0.15) is 11.1 Å². The number of nitrogens with zero attached hydrogens (tertiary/aromatic N) is 2. The second-order valence-electron chi connectivity index (χ2n) is 2.81. The van der Waals surface area contributed by atoms with Crippen LogP contribution in [0.5, 0.6) is 0 Å². The highest BCUT2D eigenvalue weighted by molar-refractivity contribution is 7.99. The minimum Gasteiger partial charge on any atom is -0.468 e. The fraction of sp³-hybridized carbons (Fsp3) is 0.444. The van der Waals surface area contributed by atoms with Crippen molar-refractivity contribution in [3.05, 3.63) is 18.6 Å². The highest BCUT2D eigenvalue weighted by Crippen LogP contribution is 2.14. The van der Waals surface area contributed by atoms with Crippen LogP contribution in [-0.2, 0) is 9.53 Å². The molecule has 0 saturated carbocycles. The Hall–Kier alpha value is -1.14. The predicted octanol–water partition coefficient (Wildman–Crippen LogP) is 0.459. The number of aromatic nitrogens is 2. The highest BCUT2D eigenvalue weighted by Gasteiger charge is 2.12. The van der Waals surface area contributed by atoms with E-state index in [1.807, 2.05) is 0 Å². The van der Waals surface area contributed by atoms with Gasteiger partial charge in [-0.2, -0.15) is 0 Å². The van der Waals surface area contributed by atoms with E-state index >= 15 is 0 Å². The van der Waals surface area contributed by atoms with Crippen LogP contribution in [0, 0.1) is 0 Å². The predicted molar refractivity (Wildman–Crippen MR) is 57.4 cm³/mol. The SMILES string of the molecule is COC(=O)C(N)CCSc1cnccn1. The van der Waals surface area contributed by atoms with Crippen LogP contribution < -0.4 is 5.73 Å². The zero-order valence-electron chi connectivity index (χ0n) is 8.42. The summed E-state index contributed by atoms with van der Waals surface area (Å²) in [5, 5.41) is 0.828. The molecule has 6 heteroatoms. The maximum Gasteiger partial charge on any atom is 0.322 e. The Morgan fingerprint density at radius 2 is 2.47 bits per heavy atom. The average molecular weight is 227 g/mol. The second-order valence-corrected chi connectivity index (χ2v) is 3.93. The van der Waals surface area contributed by atoms with E-state index in [9.17, 15) is 4.79 Å². The molecule has 0 amide bonds. The number of esters is 1. The van der Waals surface area contributed by atoms with Crippen molar-refractivity contribution in [2.45, 2.75) is 17.5 Å². The molecule has 0 saturated heterocycles. The van der Waals surface area contributed by atoms with Gasteiger partial charge >= 0.3 is 5.97 Å². The van der Waals surface area contributed by atoms with Crippen molar-refractivity contribution >= 4 is 17.7 Å². The third-order valence-corrected chi connectivity index (χ3v) is 2.67. The van der Waals surface area contributed by atoms with Crippen molar-refractivity contribution < 1.29 is 9.53 Å². The molecule has 0 bridgehead atoms. The zero-order chi connectivity index (χ0) is 11.1. The average Bonchev–Trinajstić information content (AvgIpc) is 2.29. The molecule has 0 aliphatic carbocycles. The molecule has 0 aromatic carbocycles. The Labute approximate surface area is 92.4 Å². The summed E-state index contributed by atoms with van der Waals surface area (Å²) >= 11 is 1.52. The van der Waals surface area contributed by atoms with Crippen LogP contribution in [0.2, 0.25) is 0 Å². The Balaban J connectivity index is 2.25. The first kappa shape index (κ1) is 11.9. The molecule has 0 aliphatic heterocycles. The van der Waals surface area contributed by atoms with Gasteiger partial charge in [-0.05, 0) is 6.42 Å². The van der Waals surface area contributed by atoms with Gasteiger partial charge < -0.3 is 10.5 Å². The first-order valence-electron chi connectivity index (χ1n) is 4.46. The van der Waals surface area contributed by atoms with Crippen LogP contribution in [0.25, 0.3) is 0 Å². The van der Waals surface area contributed by atoms with Gasteiger partial charge in [-0.1, -0.05) is 0 Å². The summed E-state index contributed by atoms with van der Waals surface area (Å²) in [6, 6.07) is -0.556. The van der Waals surface area contributed by atoms with Crippen LogP contribution in [0.15, 0.2) is 23.6 Å². The molecular weight excluding hydrogens is 214 g/mol. The molecule has 1 aromatic rings. The van der Waals surface area contributed by atoms with Crippen molar-refractivity contribution in [2.24, 2.45) is 5.73 Å². The molecule has 0 aliphatic rings. The maximum atomic E-state index is 11.0. The van der Waals surface area contributed by atoms with E-state index in [1.165, 1.54) is 18.9 Å². The summed E-state index contributed by atoms with van der Waals surface area (Å²) in [6.07, 6.45) is 5.48. The Morgan fingerprint density at radius 1 is 1.67 bits per heavy atom. The van der Waals surface area contributed by atoms with E-state index < -0.39 is 6.04 Å². The molecule has 1 heterocycles. The van der Waals surface area contributed by atoms with Crippen molar-refractivity contribution in [2.75, 3.05) is 12.9 Å². The monoisotopic (exact) mass is 227 g/mol. The third-order valence-electron chi connectivity index (χ3n) is 1.72. The quantitative estimate of drug-likeness (QED) is 0.581. The molecule has 2 N–H and O–H groups in total. The molecule has 1 unspecified atom stereocenters. The summed E-state index contributed by atoms with van der Waals surface area (Å²) in [5.74, 6) is 0.337. The van der Waals surface area contributed by atoms with Crippen molar-refractivity contribution in [1.82, 2.24) is 9.97 Å². The van der Waals surface area contributed by atoms with Gasteiger partial charge in [0.25, 0.3) is 0 Å². The van der Waals surface area contributed by atoms with Crippen molar-refractivity contribution in [1.29, 1.82) is 0 Å². The number of rotatable bonds is 5. The lowest BCUT2D eigenvalue weighted by atomic mass is 10.2. The smallest absolute Gasteiger partial charge is 0.322 e. The van der Waals surface area contributed by atoms with Gasteiger partial charge in [-0.15, -0.1) is 11.8 Å². The van der Waals surface area contributed by atoms with Gasteiger partial charge in [-0.3, -0.25) is 9.78 Å². The molecule has 15 heavy (non-hydrogen) atoms. The van der Waals surface area contributed by atoms with E-state index in [0.29, 0.717) is 6.42 Å². The summed E-state index contributed by atoms with van der Waals surface area (Å²) in [7, 11) is 1.33. The number of carbonyl (C=O) groups is 1. The van der Waals surface area contributed by atoms with Crippen molar-refractivity contribution in [3.63, 3.8) is 0 Å². The minimum absolute atomic E-state index is 0.380. The number of methoxy groups -OCH3 is 1. The van der Waals surface area contributed by atoms with Crippen LogP contribution in [0.3, 0.4) is 0 Å². The van der Waals surface area contributed by atoms with Crippen LogP contribution in [-0.4, -0.2) is 34.8 Å². The van der Waals surface area contributed by atoms with E-state index in [1.54, 1.807) is 18.6 Å². The second kappa shape index (κ2) is 6.36. The molecule has 1 atom stereocenters. The standard InChI is InChI=1S/C9H13N3O2S/c1-14-9(13)7(10)2-5-15-8-6-11-3-4-12-8/h3-4,6-7H,2,5,10H2,1H3. The highest BCUT2D eigenvalue weighted by atomic mass is 32.2. The Bertz CT molecular complexity index is 307. The number of hydrogen-bond acceptors (Lipinski definition) is 6. The fourth-order valence-corrected chi connectivity index (χ4v) is 1.77. The van der Waals surface area contributed by atoms with Gasteiger partial charge in [0.05, 0.1) is 13.3 Å². The first-order valence-corrected chi connectivity index (χ1v) is 5.45. The Morgan fingerprint density at radius 3 is 3.07 bits per heavy atom. The van der Waals surface area contributed by atoms with Crippen LogP contribution >= 0.6 is 11.8 Å². The summed E-state index contributed by atoms with van der Waals surface area (Å²) < 4.78 is 4.51. The lowest BCUT2D eigenvalue weighted by Gasteiger charge is -2.07. The minimum atomic E-state index is -0.556. The van der Waals surface area contributed by atoms with Crippen LogP contribution in [0.4, 0.5) is 0 Å². The van der Waals surface area contributed by atoms with Gasteiger partial charge in [0.15, 0.2) is 0 Å². The molecule has 0 radical (unpaired) electrons. The zero-order valence-corrected chi connectivity index (χ0v) is 9.24. The number of nitrogens with two attached hydrogens (primary N) is 1. The Kier molecular flexibility index (Phi) is 5.06. The van der Waals surface area contributed by atoms with Gasteiger partial charge in [0.2, 0.25) is 0 Å². The van der Waals surface area contributed by atoms with Crippen LogP contribution in [0.1, 0.15) is 6.42 Å². The van der Waals surface area contributed by atoms with Crippen molar-refractivity contribution in [3.8, 4) is 0 Å². The topological polar surface area (TPSA) is 78.1 Å². The first-order chi connectivity index (χ1) is 7.24. The fourth-order valence-electron chi connectivity index (χ4n) is 0.920. The molecule has 0 fully saturated rings. The molecule has 82 valence electrons. The largest absolute Gasteiger partial charge is 0.468 e. The van der Waals surface area contributed by atoms with Gasteiger partial charge in [0, 0.05) is 18.1 Å². The maximum absolute atomic E-state index is 11.0. The number of thioether (sulfide) groups is 1. The molecule has 5 nitrogen and oxygen atoms in total.